The Balaban J connectivity index is 2.18. The van der Waals surface area contributed by atoms with Crippen molar-refractivity contribution in [2.24, 2.45) is 0 Å². The predicted molar refractivity (Wildman–Crippen MR) is 74.1 cm³/mol. The van der Waals surface area contributed by atoms with Crippen molar-refractivity contribution in [1.82, 2.24) is 5.32 Å². The summed E-state index contributed by atoms with van der Waals surface area (Å²) in [5.41, 5.74) is 1.22. The van der Waals surface area contributed by atoms with E-state index in [1.54, 1.807) is 14.2 Å². The summed E-state index contributed by atoms with van der Waals surface area (Å²) in [4.78, 5) is 0. The van der Waals surface area contributed by atoms with Crippen molar-refractivity contribution in [2.45, 2.75) is 6.54 Å². The van der Waals surface area contributed by atoms with Gasteiger partial charge in [0.2, 0.25) is 0 Å². The molecule has 2 aromatic carbocycles. The van der Waals surface area contributed by atoms with E-state index in [4.69, 9.17) is 9.47 Å². The van der Waals surface area contributed by atoms with Gasteiger partial charge in [0.25, 0.3) is 0 Å². The second kappa shape index (κ2) is 6.38. The molecule has 1 N–H and O–H groups in total. The number of fused-ring (bicyclic) bond motifs is 1. The second-order valence-corrected chi connectivity index (χ2v) is 4.19. The highest BCUT2D eigenvalue weighted by Gasteiger charge is 2.03. The molecule has 2 rings (SSSR count). The third kappa shape index (κ3) is 3.00. The molecule has 0 saturated heterocycles. The zero-order chi connectivity index (χ0) is 12.8. The van der Waals surface area contributed by atoms with Crippen molar-refractivity contribution < 1.29 is 9.47 Å². The van der Waals surface area contributed by atoms with Crippen LogP contribution in [0.1, 0.15) is 5.56 Å². The van der Waals surface area contributed by atoms with Gasteiger partial charge in [-0.2, -0.15) is 0 Å². The Morgan fingerprint density at radius 1 is 1.11 bits per heavy atom. The number of methoxy groups -OCH3 is 2. The summed E-state index contributed by atoms with van der Waals surface area (Å²) in [7, 11) is 3.42. The molecule has 0 radical (unpaired) electrons. The van der Waals surface area contributed by atoms with Gasteiger partial charge in [0.05, 0.1) is 13.7 Å². The first-order chi connectivity index (χ1) is 8.85. The van der Waals surface area contributed by atoms with Crippen molar-refractivity contribution in [3.8, 4) is 5.75 Å². The molecule has 0 heterocycles. The van der Waals surface area contributed by atoms with Crippen molar-refractivity contribution >= 4 is 10.8 Å². The van der Waals surface area contributed by atoms with Crippen LogP contribution in [0.5, 0.6) is 5.75 Å². The first-order valence-electron chi connectivity index (χ1n) is 6.10. The monoisotopic (exact) mass is 245 g/mol. The Morgan fingerprint density at radius 2 is 1.94 bits per heavy atom. The molecule has 0 atom stereocenters. The maximum atomic E-state index is 5.44. The van der Waals surface area contributed by atoms with Gasteiger partial charge >= 0.3 is 0 Å². The number of ether oxygens (including phenoxy) is 2. The Hall–Kier alpha value is -1.58. The van der Waals surface area contributed by atoms with Crippen LogP contribution in [0, 0.1) is 0 Å². The SMILES string of the molecule is COCCNCc1cc(OC)c2ccccc2c1. The van der Waals surface area contributed by atoms with Crippen LogP contribution >= 0.6 is 0 Å². The molecule has 0 aromatic heterocycles. The smallest absolute Gasteiger partial charge is 0.127 e. The summed E-state index contributed by atoms with van der Waals surface area (Å²) < 4.78 is 10.5. The molecule has 0 saturated carbocycles. The quantitative estimate of drug-likeness (QED) is 0.793. The molecule has 0 unspecified atom stereocenters. The molecule has 3 heteroatoms. The zero-order valence-corrected chi connectivity index (χ0v) is 10.9. The fourth-order valence-corrected chi connectivity index (χ4v) is 2.01. The number of nitrogens with one attached hydrogen (secondary N) is 1. The van der Waals surface area contributed by atoms with Crippen molar-refractivity contribution in [3.05, 3.63) is 42.0 Å². The molecule has 0 aliphatic carbocycles. The number of hydrogen-bond donors (Lipinski definition) is 1. The Labute approximate surface area is 108 Å². The minimum atomic E-state index is 0.727. The van der Waals surface area contributed by atoms with E-state index in [1.807, 2.05) is 12.1 Å². The van der Waals surface area contributed by atoms with Crippen LogP contribution in [0.25, 0.3) is 10.8 Å². The Morgan fingerprint density at radius 3 is 2.72 bits per heavy atom. The molecule has 0 amide bonds. The molecule has 3 nitrogen and oxygen atoms in total. The van der Waals surface area contributed by atoms with Crippen LogP contribution in [-0.4, -0.2) is 27.4 Å². The van der Waals surface area contributed by atoms with Crippen LogP contribution < -0.4 is 10.1 Å². The average Bonchev–Trinajstić information content (AvgIpc) is 2.42. The number of rotatable bonds is 6. The third-order valence-corrected chi connectivity index (χ3v) is 2.92. The maximum absolute atomic E-state index is 5.44. The Bertz CT molecular complexity index is 511. The van der Waals surface area contributed by atoms with Gasteiger partial charge in [-0.3, -0.25) is 0 Å². The lowest BCUT2D eigenvalue weighted by Gasteiger charge is -2.10. The first-order valence-corrected chi connectivity index (χ1v) is 6.10. The highest BCUT2D eigenvalue weighted by atomic mass is 16.5. The van der Waals surface area contributed by atoms with Crippen LogP contribution in [0.3, 0.4) is 0 Å². The second-order valence-electron chi connectivity index (χ2n) is 4.19. The summed E-state index contributed by atoms with van der Waals surface area (Å²) in [6.45, 7) is 2.40. The predicted octanol–water partition coefficient (Wildman–Crippen LogP) is 2.58. The van der Waals surface area contributed by atoms with Crippen molar-refractivity contribution in [3.63, 3.8) is 0 Å². The van der Waals surface area contributed by atoms with Gasteiger partial charge in [0.1, 0.15) is 5.75 Å². The minimum Gasteiger partial charge on any atom is -0.496 e. The average molecular weight is 245 g/mol. The van der Waals surface area contributed by atoms with E-state index >= 15 is 0 Å². The molecule has 0 fully saturated rings. The highest BCUT2D eigenvalue weighted by Crippen LogP contribution is 2.27. The van der Waals surface area contributed by atoms with Gasteiger partial charge in [-0.15, -0.1) is 0 Å². The fourth-order valence-electron chi connectivity index (χ4n) is 2.01. The summed E-state index contributed by atoms with van der Waals surface area (Å²) in [5, 5.41) is 5.70. The van der Waals surface area contributed by atoms with Gasteiger partial charge in [-0.1, -0.05) is 24.3 Å². The number of benzene rings is 2. The topological polar surface area (TPSA) is 30.5 Å². The zero-order valence-electron chi connectivity index (χ0n) is 10.9. The molecule has 2 aromatic rings. The first kappa shape index (κ1) is 12.9. The highest BCUT2D eigenvalue weighted by molar-refractivity contribution is 5.89. The van der Waals surface area contributed by atoms with Gasteiger partial charge < -0.3 is 14.8 Å². The normalized spacial score (nSPS) is 10.8. The van der Waals surface area contributed by atoms with Gasteiger partial charge in [0, 0.05) is 25.6 Å². The molecule has 0 bridgehead atoms. The van der Waals surface area contributed by atoms with Gasteiger partial charge in [-0.25, -0.2) is 0 Å². The minimum absolute atomic E-state index is 0.727. The third-order valence-electron chi connectivity index (χ3n) is 2.92. The lowest BCUT2D eigenvalue weighted by Crippen LogP contribution is -2.18. The van der Waals surface area contributed by atoms with Crippen LogP contribution in [0.15, 0.2) is 36.4 Å². The van der Waals surface area contributed by atoms with E-state index in [1.165, 1.54) is 10.9 Å². The largest absolute Gasteiger partial charge is 0.496 e. The van der Waals surface area contributed by atoms with Crippen molar-refractivity contribution in [1.29, 1.82) is 0 Å². The molecule has 96 valence electrons. The van der Waals surface area contributed by atoms with E-state index in [0.717, 1.165) is 30.8 Å². The van der Waals surface area contributed by atoms with Crippen molar-refractivity contribution in [2.75, 3.05) is 27.4 Å². The molecular formula is C15H19NO2. The van der Waals surface area contributed by atoms with E-state index in [9.17, 15) is 0 Å². The molecule has 0 aliphatic rings. The lowest BCUT2D eigenvalue weighted by molar-refractivity contribution is 0.199. The fraction of sp³-hybridized carbons (Fsp3) is 0.333. The van der Waals surface area contributed by atoms with E-state index in [-0.39, 0.29) is 0 Å². The van der Waals surface area contributed by atoms with E-state index in [0.29, 0.717) is 0 Å². The van der Waals surface area contributed by atoms with E-state index < -0.39 is 0 Å². The molecule has 0 spiro atoms. The summed E-state index contributed by atoms with van der Waals surface area (Å²) in [6, 6.07) is 12.5. The summed E-state index contributed by atoms with van der Waals surface area (Å²) >= 11 is 0. The molecule has 0 aliphatic heterocycles. The molecular weight excluding hydrogens is 226 g/mol. The standard InChI is InChI=1S/C15H19NO2/c1-17-8-7-16-11-12-9-13-5-3-4-6-14(13)15(10-12)18-2/h3-6,9-10,16H,7-8,11H2,1-2H3. The van der Waals surface area contributed by atoms with Gasteiger partial charge in [-0.05, 0) is 23.1 Å². The van der Waals surface area contributed by atoms with Gasteiger partial charge in [0.15, 0.2) is 0 Å². The van der Waals surface area contributed by atoms with Crippen LogP contribution in [0.2, 0.25) is 0 Å². The Kier molecular flexibility index (Phi) is 4.56. The maximum Gasteiger partial charge on any atom is 0.127 e. The van der Waals surface area contributed by atoms with E-state index in [2.05, 4.69) is 29.6 Å². The van der Waals surface area contributed by atoms with Crippen LogP contribution in [0.4, 0.5) is 0 Å². The number of hydrogen-bond acceptors (Lipinski definition) is 3. The summed E-state index contributed by atoms with van der Waals surface area (Å²) in [6.07, 6.45) is 0. The summed E-state index contributed by atoms with van der Waals surface area (Å²) in [5.74, 6) is 0.927. The lowest BCUT2D eigenvalue weighted by atomic mass is 10.1. The van der Waals surface area contributed by atoms with Crippen LogP contribution in [-0.2, 0) is 11.3 Å². The molecule has 18 heavy (non-hydrogen) atoms.